The van der Waals surface area contributed by atoms with Gasteiger partial charge in [-0.15, -0.1) is 12.4 Å². The van der Waals surface area contributed by atoms with Crippen LogP contribution in [0.2, 0.25) is 0 Å². The summed E-state index contributed by atoms with van der Waals surface area (Å²) in [6.07, 6.45) is 0.728. The van der Waals surface area contributed by atoms with Crippen molar-refractivity contribution in [2.24, 2.45) is 11.8 Å². The van der Waals surface area contributed by atoms with Crippen molar-refractivity contribution >= 4 is 24.0 Å². The Hall–Kier alpha value is -1.92. The van der Waals surface area contributed by atoms with E-state index < -0.39 is 0 Å². The second-order valence-electron chi connectivity index (χ2n) is 6.10. The summed E-state index contributed by atoms with van der Waals surface area (Å²) in [5.74, 6) is 1.62. The van der Waals surface area contributed by atoms with Crippen LogP contribution in [0.15, 0.2) is 22.7 Å². The summed E-state index contributed by atoms with van der Waals surface area (Å²) in [5, 5.41) is 10.2. The summed E-state index contributed by atoms with van der Waals surface area (Å²) in [7, 11) is 0. The van der Waals surface area contributed by atoms with Gasteiger partial charge in [0.25, 0.3) is 5.89 Å². The topological polar surface area (TPSA) is 80.0 Å². The Bertz CT molecular complexity index is 712. The van der Waals surface area contributed by atoms with Crippen LogP contribution in [0.5, 0.6) is 0 Å². The molecule has 6 nitrogen and oxygen atoms in total. The number of aryl methyl sites for hydroxylation is 2. The molecule has 1 fully saturated rings. The van der Waals surface area contributed by atoms with E-state index in [-0.39, 0.29) is 24.2 Å². The molecule has 1 aliphatic heterocycles. The summed E-state index contributed by atoms with van der Waals surface area (Å²) in [6.45, 7) is 7.75. The smallest absolute Gasteiger partial charge is 0.257 e. The molecule has 0 aliphatic carbocycles. The minimum absolute atomic E-state index is 0. The lowest BCUT2D eigenvalue weighted by Crippen LogP contribution is -2.48. The van der Waals surface area contributed by atoms with Crippen LogP contribution in [0.4, 0.5) is 5.69 Å². The van der Waals surface area contributed by atoms with Gasteiger partial charge < -0.3 is 15.2 Å². The van der Waals surface area contributed by atoms with Gasteiger partial charge in [-0.05, 0) is 43.6 Å². The highest BCUT2D eigenvalue weighted by atomic mass is 35.5. The standard InChI is InChI=1S/C17H22N4O2.ClH/c1-4-15-20-17(23-21-15)12-6-5-10(2)14(7-12)19-16(22)11(3)13-8-18-9-13;/h5-7,11,13,18H,4,8-9H2,1-3H3,(H,19,22);1H. The Morgan fingerprint density at radius 1 is 1.46 bits per heavy atom. The molecule has 0 radical (unpaired) electrons. The third-order valence-electron chi connectivity index (χ3n) is 4.46. The fraction of sp³-hybridized carbons (Fsp3) is 0.471. The molecule has 2 N–H and O–H groups in total. The van der Waals surface area contributed by atoms with Gasteiger partial charge in [0.05, 0.1) is 0 Å². The SMILES string of the molecule is CCc1noc(-c2ccc(C)c(NC(=O)C(C)C3CNC3)c2)n1.Cl. The predicted molar refractivity (Wildman–Crippen MR) is 95.3 cm³/mol. The van der Waals surface area contributed by atoms with Gasteiger partial charge in [-0.3, -0.25) is 4.79 Å². The van der Waals surface area contributed by atoms with Gasteiger partial charge in [0.1, 0.15) is 0 Å². The lowest BCUT2D eigenvalue weighted by Gasteiger charge is -2.31. The largest absolute Gasteiger partial charge is 0.334 e. The molecule has 0 saturated carbocycles. The van der Waals surface area contributed by atoms with Crippen LogP contribution in [0.25, 0.3) is 11.5 Å². The molecule has 0 bridgehead atoms. The molecule has 2 heterocycles. The fourth-order valence-corrected chi connectivity index (χ4v) is 2.53. The highest BCUT2D eigenvalue weighted by Gasteiger charge is 2.28. The van der Waals surface area contributed by atoms with Crippen molar-refractivity contribution in [1.82, 2.24) is 15.5 Å². The predicted octanol–water partition coefficient (Wildman–Crippen LogP) is 2.82. The molecule has 1 aromatic carbocycles. The molecule has 0 spiro atoms. The Morgan fingerprint density at radius 2 is 2.21 bits per heavy atom. The number of nitrogens with one attached hydrogen (secondary N) is 2. The van der Waals surface area contributed by atoms with Crippen LogP contribution in [0, 0.1) is 18.8 Å². The van der Waals surface area contributed by atoms with Crippen molar-refractivity contribution in [1.29, 1.82) is 0 Å². The van der Waals surface area contributed by atoms with Gasteiger partial charge in [0.2, 0.25) is 5.91 Å². The van der Waals surface area contributed by atoms with Crippen LogP contribution in [-0.2, 0) is 11.2 Å². The molecule has 3 rings (SSSR count). The van der Waals surface area contributed by atoms with Gasteiger partial charge >= 0.3 is 0 Å². The molecular formula is C17H23ClN4O2. The average Bonchev–Trinajstić information content (AvgIpc) is 2.96. The first-order chi connectivity index (χ1) is 11.1. The molecule has 7 heteroatoms. The zero-order valence-corrected chi connectivity index (χ0v) is 14.9. The number of hydrogen-bond donors (Lipinski definition) is 2. The van der Waals surface area contributed by atoms with E-state index in [1.165, 1.54) is 0 Å². The normalized spacial score (nSPS) is 15.3. The molecule has 1 saturated heterocycles. The molecule has 2 aromatic rings. The maximum Gasteiger partial charge on any atom is 0.257 e. The maximum absolute atomic E-state index is 12.4. The van der Waals surface area contributed by atoms with Gasteiger partial charge in [-0.25, -0.2) is 0 Å². The number of benzene rings is 1. The zero-order chi connectivity index (χ0) is 16.4. The fourth-order valence-electron chi connectivity index (χ4n) is 2.53. The van der Waals surface area contributed by atoms with E-state index in [0.717, 1.165) is 36.3 Å². The quantitative estimate of drug-likeness (QED) is 0.866. The number of nitrogens with zero attached hydrogens (tertiary/aromatic N) is 2. The van der Waals surface area contributed by atoms with E-state index in [0.29, 0.717) is 17.6 Å². The van der Waals surface area contributed by atoms with Crippen LogP contribution >= 0.6 is 12.4 Å². The van der Waals surface area contributed by atoms with Gasteiger partial charge in [-0.1, -0.05) is 25.1 Å². The van der Waals surface area contributed by atoms with Crippen LogP contribution < -0.4 is 10.6 Å². The van der Waals surface area contributed by atoms with E-state index in [1.54, 1.807) is 0 Å². The van der Waals surface area contributed by atoms with Gasteiger partial charge in [-0.2, -0.15) is 4.98 Å². The first kappa shape index (κ1) is 18.4. The van der Waals surface area contributed by atoms with Crippen molar-refractivity contribution in [2.75, 3.05) is 18.4 Å². The molecule has 24 heavy (non-hydrogen) atoms. The number of carbonyl (C=O) groups excluding carboxylic acids is 1. The van der Waals surface area contributed by atoms with E-state index >= 15 is 0 Å². The third kappa shape index (κ3) is 3.76. The number of aromatic nitrogens is 2. The number of amides is 1. The monoisotopic (exact) mass is 350 g/mol. The van der Waals surface area contributed by atoms with Gasteiger partial charge in [0.15, 0.2) is 5.82 Å². The summed E-state index contributed by atoms with van der Waals surface area (Å²) in [6, 6.07) is 5.78. The lowest BCUT2D eigenvalue weighted by atomic mass is 9.88. The number of hydrogen-bond acceptors (Lipinski definition) is 5. The second-order valence-corrected chi connectivity index (χ2v) is 6.10. The minimum Gasteiger partial charge on any atom is -0.334 e. The molecule has 1 amide bonds. The van der Waals surface area contributed by atoms with Crippen molar-refractivity contribution < 1.29 is 9.32 Å². The highest BCUT2D eigenvalue weighted by molar-refractivity contribution is 5.94. The van der Waals surface area contributed by atoms with Crippen LogP contribution in [-0.4, -0.2) is 29.1 Å². The maximum atomic E-state index is 12.4. The van der Waals surface area contributed by atoms with E-state index in [1.807, 2.05) is 39.0 Å². The third-order valence-corrected chi connectivity index (χ3v) is 4.46. The molecule has 1 aliphatic rings. The Morgan fingerprint density at radius 3 is 2.79 bits per heavy atom. The average molecular weight is 351 g/mol. The molecule has 1 unspecified atom stereocenters. The lowest BCUT2D eigenvalue weighted by molar-refractivity contribution is -0.121. The van der Waals surface area contributed by atoms with Crippen molar-refractivity contribution in [3.63, 3.8) is 0 Å². The molecular weight excluding hydrogens is 328 g/mol. The number of anilines is 1. The van der Waals surface area contributed by atoms with E-state index in [9.17, 15) is 4.79 Å². The summed E-state index contributed by atoms with van der Waals surface area (Å²) < 4.78 is 5.27. The summed E-state index contributed by atoms with van der Waals surface area (Å²) in [4.78, 5) is 16.7. The number of carbonyl (C=O) groups is 1. The van der Waals surface area contributed by atoms with Crippen LogP contribution in [0.3, 0.4) is 0 Å². The molecule has 130 valence electrons. The van der Waals surface area contributed by atoms with Crippen molar-refractivity contribution in [3.05, 3.63) is 29.6 Å². The Labute approximate surface area is 147 Å². The second kappa shape index (κ2) is 7.77. The van der Waals surface area contributed by atoms with Crippen molar-refractivity contribution in [2.45, 2.75) is 27.2 Å². The van der Waals surface area contributed by atoms with Crippen molar-refractivity contribution in [3.8, 4) is 11.5 Å². The summed E-state index contributed by atoms with van der Waals surface area (Å²) >= 11 is 0. The zero-order valence-electron chi connectivity index (χ0n) is 14.1. The Kier molecular flexibility index (Phi) is 5.96. The number of rotatable bonds is 5. The first-order valence-electron chi connectivity index (χ1n) is 8.03. The first-order valence-corrected chi connectivity index (χ1v) is 8.03. The number of halogens is 1. The minimum atomic E-state index is -0.00518. The highest BCUT2D eigenvalue weighted by Crippen LogP contribution is 2.26. The Balaban J connectivity index is 0.00000208. The van der Waals surface area contributed by atoms with Crippen LogP contribution in [0.1, 0.15) is 25.2 Å². The molecule has 1 atom stereocenters. The van der Waals surface area contributed by atoms with E-state index in [2.05, 4.69) is 20.8 Å². The molecule has 1 aromatic heterocycles. The van der Waals surface area contributed by atoms with Gasteiger partial charge in [0, 0.05) is 23.6 Å². The summed E-state index contributed by atoms with van der Waals surface area (Å²) in [5.41, 5.74) is 2.62. The van der Waals surface area contributed by atoms with E-state index in [4.69, 9.17) is 4.52 Å².